The Morgan fingerprint density at radius 1 is 1.48 bits per heavy atom. The fourth-order valence-corrected chi connectivity index (χ4v) is 2.51. The van der Waals surface area contributed by atoms with E-state index in [1.54, 1.807) is 11.1 Å². The van der Waals surface area contributed by atoms with E-state index in [4.69, 9.17) is 9.26 Å². The average Bonchev–Trinajstić information content (AvgIpc) is 3.08. The fraction of sp³-hybridized carbons (Fsp3) is 0.533. The Bertz CT molecular complexity index is 646. The van der Waals surface area contributed by atoms with Crippen LogP contribution in [0, 0.1) is 0 Å². The molecule has 1 aliphatic rings. The lowest BCUT2D eigenvalue weighted by atomic mass is 10.1. The van der Waals surface area contributed by atoms with E-state index in [1.165, 1.54) is 12.4 Å². The lowest BCUT2D eigenvalue weighted by molar-refractivity contribution is -0.0155. The van der Waals surface area contributed by atoms with Crippen molar-refractivity contribution in [3.8, 4) is 0 Å². The number of nitrogens with zero attached hydrogens (tertiary/aromatic N) is 5. The summed E-state index contributed by atoms with van der Waals surface area (Å²) in [5.41, 5.74) is 0.359. The van der Waals surface area contributed by atoms with Gasteiger partial charge in [0.25, 0.3) is 11.8 Å². The summed E-state index contributed by atoms with van der Waals surface area (Å²) in [6, 6.07) is 0. The Morgan fingerprint density at radius 3 is 3.13 bits per heavy atom. The summed E-state index contributed by atoms with van der Waals surface area (Å²) in [5, 5.41) is 3.84. The molecular formula is C15H19N5O3. The molecule has 0 aromatic carbocycles. The van der Waals surface area contributed by atoms with Gasteiger partial charge in [0.15, 0.2) is 5.82 Å². The highest BCUT2D eigenvalue weighted by Gasteiger charge is 2.26. The highest BCUT2D eigenvalue weighted by Crippen LogP contribution is 2.16. The van der Waals surface area contributed by atoms with E-state index in [1.807, 2.05) is 6.92 Å². The minimum Gasteiger partial charge on any atom is -0.367 e. The SMILES string of the molecule is CCc1noc(COC2CCCN(C(=O)c3cnccn3)C2)n1. The maximum atomic E-state index is 12.4. The molecule has 122 valence electrons. The van der Waals surface area contributed by atoms with Gasteiger partial charge in [0.1, 0.15) is 12.3 Å². The van der Waals surface area contributed by atoms with Crippen LogP contribution in [0.25, 0.3) is 0 Å². The van der Waals surface area contributed by atoms with Crippen LogP contribution in [0.3, 0.4) is 0 Å². The molecular weight excluding hydrogens is 298 g/mol. The summed E-state index contributed by atoms with van der Waals surface area (Å²) >= 11 is 0. The van der Waals surface area contributed by atoms with Gasteiger partial charge in [-0.2, -0.15) is 4.98 Å². The second-order valence-corrected chi connectivity index (χ2v) is 5.37. The number of amides is 1. The number of carbonyl (C=O) groups excluding carboxylic acids is 1. The predicted molar refractivity (Wildman–Crippen MR) is 79.4 cm³/mol. The first-order valence-corrected chi connectivity index (χ1v) is 7.74. The van der Waals surface area contributed by atoms with Crippen molar-refractivity contribution in [1.29, 1.82) is 0 Å². The third-order valence-electron chi connectivity index (χ3n) is 3.72. The minimum absolute atomic E-state index is 0.0404. The van der Waals surface area contributed by atoms with Crippen LogP contribution in [0.2, 0.25) is 0 Å². The highest BCUT2D eigenvalue weighted by atomic mass is 16.5. The van der Waals surface area contributed by atoms with Gasteiger partial charge in [-0.15, -0.1) is 0 Å². The first-order valence-electron chi connectivity index (χ1n) is 7.74. The Morgan fingerprint density at radius 2 is 2.39 bits per heavy atom. The number of aryl methyl sites for hydroxylation is 1. The number of hydrogen-bond donors (Lipinski definition) is 0. The third kappa shape index (κ3) is 3.89. The van der Waals surface area contributed by atoms with Gasteiger partial charge in [0, 0.05) is 31.9 Å². The molecule has 0 N–H and O–H groups in total. The van der Waals surface area contributed by atoms with E-state index in [2.05, 4.69) is 20.1 Å². The van der Waals surface area contributed by atoms with Crippen molar-refractivity contribution in [1.82, 2.24) is 25.0 Å². The van der Waals surface area contributed by atoms with Gasteiger partial charge >= 0.3 is 0 Å². The van der Waals surface area contributed by atoms with Crippen molar-refractivity contribution in [2.45, 2.75) is 38.9 Å². The standard InChI is InChI=1S/C15H19N5O3/c1-2-13-18-14(23-19-13)10-22-11-4-3-7-20(9-11)15(21)12-8-16-5-6-17-12/h5-6,8,11H,2-4,7,9-10H2,1H3. The lowest BCUT2D eigenvalue weighted by Crippen LogP contribution is -2.43. The highest BCUT2D eigenvalue weighted by molar-refractivity contribution is 5.92. The van der Waals surface area contributed by atoms with E-state index < -0.39 is 0 Å². The van der Waals surface area contributed by atoms with E-state index in [9.17, 15) is 4.79 Å². The first kappa shape index (κ1) is 15.5. The van der Waals surface area contributed by atoms with Crippen molar-refractivity contribution in [2.75, 3.05) is 13.1 Å². The summed E-state index contributed by atoms with van der Waals surface area (Å²) in [7, 11) is 0. The molecule has 1 aliphatic heterocycles. The fourth-order valence-electron chi connectivity index (χ4n) is 2.51. The molecule has 2 aromatic heterocycles. The summed E-state index contributed by atoms with van der Waals surface area (Å²) in [6.07, 6.45) is 7.03. The zero-order valence-corrected chi connectivity index (χ0v) is 13.0. The van der Waals surface area contributed by atoms with Crippen molar-refractivity contribution >= 4 is 5.91 Å². The van der Waals surface area contributed by atoms with Gasteiger partial charge in [-0.25, -0.2) is 4.98 Å². The van der Waals surface area contributed by atoms with Crippen molar-refractivity contribution in [3.05, 3.63) is 36.0 Å². The summed E-state index contributed by atoms with van der Waals surface area (Å²) in [6.45, 7) is 3.47. The second kappa shape index (κ2) is 7.28. The molecule has 8 nitrogen and oxygen atoms in total. The Balaban J connectivity index is 1.54. The number of carbonyl (C=O) groups is 1. The number of hydrogen-bond acceptors (Lipinski definition) is 7. The Hall–Kier alpha value is -2.35. The molecule has 1 atom stereocenters. The van der Waals surface area contributed by atoms with Crippen LogP contribution < -0.4 is 0 Å². The topological polar surface area (TPSA) is 94.2 Å². The van der Waals surface area contributed by atoms with Crippen molar-refractivity contribution < 1.29 is 14.1 Å². The molecule has 2 aromatic rings. The predicted octanol–water partition coefficient (Wildman–Crippen LogP) is 1.24. The maximum Gasteiger partial charge on any atom is 0.274 e. The molecule has 8 heteroatoms. The van der Waals surface area contributed by atoms with E-state index >= 15 is 0 Å². The molecule has 0 radical (unpaired) electrons. The number of rotatable bonds is 5. The largest absolute Gasteiger partial charge is 0.367 e. The maximum absolute atomic E-state index is 12.4. The monoisotopic (exact) mass is 317 g/mol. The molecule has 3 rings (SSSR count). The van der Waals surface area contributed by atoms with Crippen LogP contribution in [0.15, 0.2) is 23.1 Å². The first-order chi connectivity index (χ1) is 11.3. The van der Waals surface area contributed by atoms with Crippen molar-refractivity contribution in [3.63, 3.8) is 0 Å². The van der Waals surface area contributed by atoms with Crippen LogP contribution in [-0.4, -0.2) is 50.1 Å². The zero-order valence-electron chi connectivity index (χ0n) is 13.0. The van der Waals surface area contributed by atoms with Gasteiger partial charge in [0.05, 0.1) is 12.3 Å². The molecule has 0 saturated carbocycles. The van der Waals surface area contributed by atoms with Crippen LogP contribution >= 0.6 is 0 Å². The molecule has 1 unspecified atom stereocenters. The molecule has 23 heavy (non-hydrogen) atoms. The Kier molecular flexibility index (Phi) is 4.92. The number of piperidine rings is 1. The zero-order chi connectivity index (χ0) is 16.1. The molecule has 3 heterocycles. The normalized spacial score (nSPS) is 18.1. The number of likely N-dealkylation sites (tertiary alicyclic amines) is 1. The van der Waals surface area contributed by atoms with Gasteiger partial charge in [-0.1, -0.05) is 12.1 Å². The molecule has 0 aliphatic carbocycles. The molecule has 1 saturated heterocycles. The summed E-state index contributed by atoms with van der Waals surface area (Å²) in [5.74, 6) is 1.03. The number of aromatic nitrogens is 4. The van der Waals surface area contributed by atoms with E-state index in [-0.39, 0.29) is 18.6 Å². The van der Waals surface area contributed by atoms with Gasteiger partial charge in [0.2, 0.25) is 0 Å². The van der Waals surface area contributed by atoms with Gasteiger partial charge in [-0.3, -0.25) is 9.78 Å². The molecule has 0 bridgehead atoms. The average molecular weight is 317 g/mol. The van der Waals surface area contributed by atoms with Gasteiger partial charge < -0.3 is 14.2 Å². The van der Waals surface area contributed by atoms with E-state index in [0.717, 1.165) is 19.3 Å². The third-order valence-corrected chi connectivity index (χ3v) is 3.72. The smallest absolute Gasteiger partial charge is 0.274 e. The van der Waals surface area contributed by atoms with Gasteiger partial charge in [-0.05, 0) is 12.8 Å². The second-order valence-electron chi connectivity index (χ2n) is 5.37. The van der Waals surface area contributed by atoms with E-state index in [0.29, 0.717) is 30.5 Å². The summed E-state index contributed by atoms with van der Waals surface area (Å²) < 4.78 is 10.9. The summed E-state index contributed by atoms with van der Waals surface area (Å²) in [4.78, 5) is 26.3. The minimum atomic E-state index is -0.113. The molecule has 1 amide bonds. The van der Waals surface area contributed by atoms with Crippen LogP contribution in [0.4, 0.5) is 0 Å². The van der Waals surface area contributed by atoms with Crippen LogP contribution in [-0.2, 0) is 17.8 Å². The number of ether oxygens (including phenoxy) is 1. The van der Waals surface area contributed by atoms with Crippen LogP contribution in [0.1, 0.15) is 42.0 Å². The van der Waals surface area contributed by atoms with Crippen molar-refractivity contribution in [2.24, 2.45) is 0 Å². The molecule has 1 fully saturated rings. The quantitative estimate of drug-likeness (QED) is 0.819. The molecule has 0 spiro atoms. The van der Waals surface area contributed by atoms with Crippen LogP contribution in [0.5, 0.6) is 0 Å². The Labute approximate surface area is 133 Å². The lowest BCUT2D eigenvalue weighted by Gasteiger charge is -2.32.